The predicted molar refractivity (Wildman–Crippen MR) is 73.3 cm³/mol. The zero-order chi connectivity index (χ0) is 12.6. The van der Waals surface area contributed by atoms with Gasteiger partial charge in [-0.1, -0.05) is 32.6 Å². The minimum atomic E-state index is -0.649. The van der Waals surface area contributed by atoms with E-state index in [2.05, 4.69) is 12.2 Å². The van der Waals surface area contributed by atoms with Crippen LogP contribution >= 0.6 is 11.8 Å². The van der Waals surface area contributed by atoms with E-state index >= 15 is 0 Å². The Labute approximate surface area is 109 Å². The topological polar surface area (TPSA) is 49.3 Å². The normalized spacial score (nSPS) is 19.6. The average Bonchev–Trinajstić information content (AvgIpc) is 2.53. The largest absolute Gasteiger partial charge is 0.388 e. The Morgan fingerprint density at radius 1 is 1.29 bits per heavy atom. The number of carbonyl (C=O) groups is 1. The molecule has 0 radical (unpaired) electrons. The Balaban J connectivity index is 2.20. The minimum Gasteiger partial charge on any atom is -0.388 e. The fraction of sp³-hybridized carbons (Fsp3) is 0.923. The summed E-state index contributed by atoms with van der Waals surface area (Å²) in [4.78, 5) is 11.6. The zero-order valence-corrected chi connectivity index (χ0v) is 11.7. The van der Waals surface area contributed by atoms with Crippen molar-refractivity contribution in [3.05, 3.63) is 0 Å². The van der Waals surface area contributed by atoms with Crippen molar-refractivity contribution in [1.29, 1.82) is 0 Å². The molecular weight excluding hydrogens is 234 g/mol. The van der Waals surface area contributed by atoms with Crippen LogP contribution in [0, 0.1) is 0 Å². The first kappa shape index (κ1) is 14.8. The van der Waals surface area contributed by atoms with Gasteiger partial charge in [0.15, 0.2) is 0 Å². The molecule has 0 heterocycles. The lowest BCUT2D eigenvalue weighted by molar-refractivity contribution is -0.122. The average molecular weight is 259 g/mol. The van der Waals surface area contributed by atoms with Crippen LogP contribution in [-0.2, 0) is 4.79 Å². The minimum absolute atomic E-state index is 0.0728. The summed E-state index contributed by atoms with van der Waals surface area (Å²) in [5, 5.41) is 13.2. The summed E-state index contributed by atoms with van der Waals surface area (Å²) in [5.74, 6) is 2.00. The maximum atomic E-state index is 11.6. The van der Waals surface area contributed by atoms with Gasteiger partial charge < -0.3 is 10.4 Å². The van der Waals surface area contributed by atoms with E-state index in [0.717, 1.165) is 37.2 Å². The highest BCUT2D eigenvalue weighted by molar-refractivity contribution is 7.99. The van der Waals surface area contributed by atoms with Crippen molar-refractivity contribution in [3.63, 3.8) is 0 Å². The Bertz CT molecular complexity index is 225. The summed E-state index contributed by atoms with van der Waals surface area (Å²) in [6.07, 6.45) is 6.81. The van der Waals surface area contributed by atoms with E-state index in [4.69, 9.17) is 0 Å². The Kier molecular flexibility index (Phi) is 6.97. The van der Waals surface area contributed by atoms with Gasteiger partial charge in [0.1, 0.15) is 0 Å². The van der Waals surface area contributed by atoms with E-state index < -0.39 is 5.60 Å². The summed E-state index contributed by atoms with van der Waals surface area (Å²) in [5.41, 5.74) is -0.649. The second-order valence-electron chi connectivity index (χ2n) is 4.86. The summed E-state index contributed by atoms with van der Waals surface area (Å²) >= 11 is 1.78. The molecule has 0 spiro atoms. The molecule has 0 saturated heterocycles. The highest BCUT2D eigenvalue weighted by Crippen LogP contribution is 2.26. The van der Waals surface area contributed by atoms with Crippen molar-refractivity contribution >= 4 is 17.7 Å². The quantitative estimate of drug-likeness (QED) is 0.568. The van der Waals surface area contributed by atoms with Crippen molar-refractivity contribution in [2.45, 2.75) is 57.5 Å². The monoisotopic (exact) mass is 259 g/mol. The third-order valence-electron chi connectivity index (χ3n) is 3.33. The van der Waals surface area contributed by atoms with Crippen LogP contribution in [0.3, 0.4) is 0 Å². The van der Waals surface area contributed by atoms with Gasteiger partial charge in [0.2, 0.25) is 5.91 Å². The van der Waals surface area contributed by atoms with Crippen molar-refractivity contribution in [3.8, 4) is 0 Å². The van der Waals surface area contributed by atoms with Crippen LogP contribution in [-0.4, -0.2) is 34.7 Å². The van der Waals surface area contributed by atoms with Crippen molar-refractivity contribution < 1.29 is 9.90 Å². The molecule has 4 heteroatoms. The molecule has 0 aromatic carbocycles. The molecule has 2 N–H and O–H groups in total. The lowest BCUT2D eigenvalue weighted by Gasteiger charge is -2.26. The van der Waals surface area contributed by atoms with Crippen LogP contribution in [0.25, 0.3) is 0 Å². The van der Waals surface area contributed by atoms with Crippen LogP contribution in [0.1, 0.15) is 51.9 Å². The van der Waals surface area contributed by atoms with Gasteiger partial charge in [-0.15, -0.1) is 0 Å². The molecule has 1 amide bonds. The first-order chi connectivity index (χ1) is 8.16. The summed E-state index contributed by atoms with van der Waals surface area (Å²) < 4.78 is 0. The molecule has 1 fully saturated rings. The molecule has 1 rings (SSSR count). The van der Waals surface area contributed by atoms with Gasteiger partial charge in [-0.2, -0.15) is 11.8 Å². The molecule has 0 aromatic heterocycles. The lowest BCUT2D eigenvalue weighted by Crippen LogP contribution is -2.42. The third-order valence-corrected chi connectivity index (χ3v) is 4.23. The van der Waals surface area contributed by atoms with E-state index in [9.17, 15) is 9.90 Å². The van der Waals surface area contributed by atoms with Gasteiger partial charge in [0, 0.05) is 18.7 Å². The molecule has 1 aliphatic carbocycles. The van der Waals surface area contributed by atoms with E-state index in [1.54, 1.807) is 11.8 Å². The summed E-state index contributed by atoms with van der Waals surface area (Å²) in [6, 6.07) is 0. The number of aliphatic hydroxyl groups is 1. The summed E-state index contributed by atoms with van der Waals surface area (Å²) in [7, 11) is 0. The van der Waals surface area contributed by atoms with E-state index in [1.165, 1.54) is 12.8 Å². The fourth-order valence-corrected chi connectivity index (χ4v) is 2.84. The van der Waals surface area contributed by atoms with Gasteiger partial charge in [-0.25, -0.2) is 0 Å². The summed E-state index contributed by atoms with van der Waals surface area (Å²) in [6.45, 7) is 2.53. The number of nitrogens with one attached hydrogen (secondary N) is 1. The van der Waals surface area contributed by atoms with Gasteiger partial charge in [0.05, 0.1) is 5.60 Å². The van der Waals surface area contributed by atoms with Gasteiger partial charge in [-0.3, -0.25) is 4.79 Å². The third kappa shape index (κ3) is 6.32. The molecule has 0 aliphatic heterocycles. The van der Waals surface area contributed by atoms with Crippen molar-refractivity contribution in [2.24, 2.45) is 0 Å². The fourth-order valence-electron chi connectivity index (χ4n) is 2.22. The molecule has 3 nitrogen and oxygen atoms in total. The Hall–Kier alpha value is -0.220. The molecule has 0 atom stereocenters. The zero-order valence-electron chi connectivity index (χ0n) is 10.8. The van der Waals surface area contributed by atoms with Gasteiger partial charge in [0.25, 0.3) is 0 Å². The molecule has 17 heavy (non-hydrogen) atoms. The van der Waals surface area contributed by atoms with E-state index in [0.29, 0.717) is 13.0 Å². The first-order valence-corrected chi connectivity index (χ1v) is 7.88. The second kappa shape index (κ2) is 7.98. The lowest BCUT2D eigenvalue weighted by atomic mass is 9.94. The molecule has 0 bridgehead atoms. The number of hydrogen-bond acceptors (Lipinski definition) is 3. The Morgan fingerprint density at radius 2 is 1.94 bits per heavy atom. The van der Waals surface area contributed by atoms with Crippen molar-refractivity contribution in [1.82, 2.24) is 5.32 Å². The molecule has 1 aliphatic rings. The van der Waals surface area contributed by atoms with Crippen LogP contribution in [0.5, 0.6) is 0 Å². The van der Waals surface area contributed by atoms with Gasteiger partial charge >= 0.3 is 0 Å². The molecule has 1 saturated carbocycles. The molecule has 100 valence electrons. The van der Waals surface area contributed by atoms with Crippen LogP contribution < -0.4 is 5.32 Å². The smallest absolute Gasteiger partial charge is 0.220 e. The standard InChI is InChI=1S/C13H25NO2S/c1-2-17-10-7-12(15)14-11-13(16)8-5-3-4-6-9-13/h16H,2-11H2,1H3,(H,14,15). The highest BCUT2D eigenvalue weighted by Gasteiger charge is 2.28. The van der Waals surface area contributed by atoms with E-state index in [1.807, 2.05) is 0 Å². The molecule has 0 aromatic rings. The SMILES string of the molecule is CCSCCC(=O)NCC1(O)CCCCCC1. The van der Waals surface area contributed by atoms with E-state index in [-0.39, 0.29) is 5.91 Å². The number of hydrogen-bond donors (Lipinski definition) is 2. The number of thioether (sulfide) groups is 1. The maximum Gasteiger partial charge on any atom is 0.220 e. The van der Waals surface area contributed by atoms with Crippen LogP contribution in [0.15, 0.2) is 0 Å². The van der Waals surface area contributed by atoms with Crippen molar-refractivity contribution in [2.75, 3.05) is 18.1 Å². The highest BCUT2D eigenvalue weighted by atomic mass is 32.2. The number of carbonyl (C=O) groups excluding carboxylic acids is 1. The predicted octanol–water partition coefficient (Wildman–Crippen LogP) is 2.33. The number of rotatable bonds is 6. The Morgan fingerprint density at radius 3 is 2.53 bits per heavy atom. The maximum absolute atomic E-state index is 11.6. The second-order valence-corrected chi connectivity index (χ2v) is 6.26. The van der Waals surface area contributed by atoms with Gasteiger partial charge in [-0.05, 0) is 18.6 Å². The first-order valence-electron chi connectivity index (χ1n) is 6.73. The molecule has 0 unspecified atom stereocenters. The molecular formula is C13H25NO2S. The number of amides is 1. The van der Waals surface area contributed by atoms with Crippen LogP contribution in [0.2, 0.25) is 0 Å². The van der Waals surface area contributed by atoms with Crippen LogP contribution in [0.4, 0.5) is 0 Å².